The molecule has 0 aliphatic carbocycles. The molecule has 19 heavy (non-hydrogen) atoms. The van der Waals surface area contributed by atoms with Gasteiger partial charge in [-0.1, -0.05) is 18.5 Å². The van der Waals surface area contributed by atoms with E-state index in [0.29, 0.717) is 0 Å². The Kier molecular flexibility index (Phi) is 3.13. The zero-order valence-corrected chi connectivity index (χ0v) is 11.1. The van der Waals surface area contributed by atoms with Crippen molar-refractivity contribution in [2.24, 2.45) is 0 Å². The van der Waals surface area contributed by atoms with Gasteiger partial charge in [-0.05, 0) is 18.2 Å². The first-order valence-corrected chi connectivity index (χ1v) is 7.00. The van der Waals surface area contributed by atoms with Crippen LogP contribution in [0.1, 0.15) is 12.5 Å². The van der Waals surface area contributed by atoms with Crippen LogP contribution >= 0.6 is 11.6 Å². The van der Waals surface area contributed by atoms with Gasteiger partial charge in [-0.3, -0.25) is 0 Å². The van der Waals surface area contributed by atoms with Gasteiger partial charge in [0, 0.05) is 17.1 Å². The predicted octanol–water partition coefficient (Wildman–Crippen LogP) is 2.07. The number of aliphatic hydroxyl groups is 1. The van der Waals surface area contributed by atoms with Crippen LogP contribution in [0.15, 0.2) is 23.1 Å². The van der Waals surface area contributed by atoms with Crippen molar-refractivity contribution in [3.05, 3.63) is 28.8 Å². The quantitative estimate of drug-likeness (QED) is 0.863. The Morgan fingerprint density at radius 1 is 1.42 bits per heavy atom. The molecule has 0 radical (unpaired) electrons. The molecule has 0 saturated carbocycles. The lowest BCUT2D eigenvalue weighted by atomic mass is 10.0. The van der Waals surface area contributed by atoms with Crippen molar-refractivity contribution in [3.63, 3.8) is 0 Å². The summed E-state index contributed by atoms with van der Waals surface area (Å²) in [5.74, 6) is 0. The highest BCUT2D eigenvalue weighted by molar-refractivity contribution is 7.89. The minimum absolute atomic E-state index is 0.0149. The summed E-state index contributed by atoms with van der Waals surface area (Å²) < 4.78 is 63.4. The van der Waals surface area contributed by atoms with Crippen LogP contribution in [-0.2, 0) is 15.7 Å². The van der Waals surface area contributed by atoms with Crippen molar-refractivity contribution in [2.45, 2.75) is 23.7 Å². The molecule has 4 nitrogen and oxygen atoms in total. The number of halogens is 4. The number of nitrogens with zero attached hydrogens (tertiary/aromatic N) is 1. The fraction of sp³-hybridized carbons (Fsp3) is 0.400. The highest BCUT2D eigenvalue weighted by atomic mass is 35.5. The van der Waals surface area contributed by atoms with Crippen molar-refractivity contribution < 1.29 is 26.7 Å². The maximum atomic E-state index is 13.1. The highest BCUT2D eigenvalue weighted by Crippen LogP contribution is 2.51. The number of benzene rings is 1. The van der Waals surface area contributed by atoms with Crippen LogP contribution in [0.2, 0.25) is 5.02 Å². The van der Waals surface area contributed by atoms with E-state index in [0.717, 1.165) is 18.2 Å². The van der Waals surface area contributed by atoms with E-state index >= 15 is 0 Å². The van der Waals surface area contributed by atoms with Crippen molar-refractivity contribution in [1.82, 2.24) is 4.31 Å². The summed E-state index contributed by atoms with van der Waals surface area (Å²) in [6.07, 6.45) is -5.17. The third kappa shape index (κ3) is 1.78. The summed E-state index contributed by atoms with van der Waals surface area (Å²) in [5.41, 5.74) is -4.35. The Labute approximate surface area is 112 Å². The SMILES string of the molecule is CCN1C(O)(C(F)(F)F)c2cc(Cl)ccc2S1(=O)=O. The van der Waals surface area contributed by atoms with Crippen LogP contribution in [0.25, 0.3) is 0 Å². The number of rotatable bonds is 1. The van der Waals surface area contributed by atoms with E-state index in [1.54, 1.807) is 0 Å². The molecule has 1 atom stereocenters. The van der Waals surface area contributed by atoms with Gasteiger partial charge in [0.2, 0.25) is 10.0 Å². The smallest absolute Gasteiger partial charge is 0.363 e. The van der Waals surface area contributed by atoms with Gasteiger partial charge in [0.15, 0.2) is 0 Å². The first kappa shape index (κ1) is 14.6. The van der Waals surface area contributed by atoms with Crippen LogP contribution in [0.3, 0.4) is 0 Å². The molecule has 1 aliphatic rings. The molecule has 106 valence electrons. The fourth-order valence-corrected chi connectivity index (χ4v) is 4.14. The maximum Gasteiger partial charge on any atom is 0.436 e. The molecule has 1 heterocycles. The molecule has 9 heteroatoms. The number of sulfonamides is 1. The normalized spacial score (nSPS) is 26.4. The van der Waals surface area contributed by atoms with Crippen LogP contribution in [-0.4, -0.2) is 30.6 Å². The number of alkyl halides is 3. The van der Waals surface area contributed by atoms with Gasteiger partial charge in [0.25, 0.3) is 5.72 Å². The molecule has 0 aromatic heterocycles. The summed E-state index contributed by atoms with van der Waals surface area (Å²) in [5, 5.41) is 9.87. The molecule has 2 rings (SSSR count). The number of fused-ring (bicyclic) bond motifs is 1. The Balaban J connectivity index is 2.87. The van der Waals surface area contributed by atoms with E-state index < -0.39 is 38.9 Å². The van der Waals surface area contributed by atoms with Gasteiger partial charge in [-0.25, -0.2) is 8.42 Å². The number of hydrogen-bond acceptors (Lipinski definition) is 3. The Hall–Kier alpha value is -0.830. The van der Waals surface area contributed by atoms with Crippen molar-refractivity contribution in [1.29, 1.82) is 0 Å². The lowest BCUT2D eigenvalue weighted by Crippen LogP contribution is -2.53. The summed E-state index contributed by atoms with van der Waals surface area (Å²) >= 11 is 5.59. The number of hydrogen-bond donors (Lipinski definition) is 1. The fourth-order valence-electron chi connectivity index (χ4n) is 2.12. The van der Waals surface area contributed by atoms with Crippen molar-refractivity contribution >= 4 is 21.6 Å². The minimum Gasteiger partial charge on any atom is -0.363 e. The molecule has 1 aliphatic heterocycles. The third-order valence-corrected chi connectivity index (χ3v) is 5.18. The first-order chi connectivity index (χ1) is 8.56. The van der Waals surface area contributed by atoms with Gasteiger partial charge in [-0.15, -0.1) is 0 Å². The van der Waals surface area contributed by atoms with E-state index in [1.807, 2.05) is 0 Å². The second-order valence-corrected chi connectivity index (χ2v) is 6.25. The van der Waals surface area contributed by atoms with Gasteiger partial charge < -0.3 is 5.11 Å². The lowest BCUT2D eigenvalue weighted by molar-refractivity contribution is -0.304. The molecule has 0 fully saturated rings. The summed E-state index contributed by atoms with van der Waals surface area (Å²) in [6.45, 7) is 0.687. The molecule has 0 bridgehead atoms. The molecule has 1 aromatic carbocycles. The Bertz CT molecular complexity index is 631. The van der Waals surface area contributed by atoms with Crippen LogP contribution in [0, 0.1) is 0 Å². The molecule has 1 N–H and O–H groups in total. The van der Waals surface area contributed by atoms with Crippen LogP contribution in [0.5, 0.6) is 0 Å². The molecular formula is C10H9ClF3NO3S. The Morgan fingerprint density at radius 3 is 2.47 bits per heavy atom. The van der Waals surface area contributed by atoms with Crippen molar-refractivity contribution in [2.75, 3.05) is 6.54 Å². The molecule has 0 amide bonds. The first-order valence-electron chi connectivity index (χ1n) is 5.18. The zero-order valence-electron chi connectivity index (χ0n) is 9.57. The summed E-state index contributed by atoms with van der Waals surface area (Å²) in [6, 6.07) is 2.94. The van der Waals surface area contributed by atoms with Crippen LogP contribution < -0.4 is 0 Å². The second kappa shape index (κ2) is 4.08. The standard InChI is InChI=1S/C10H9ClF3NO3S/c1-2-15-9(16,10(12,13)14)7-5-6(11)3-4-8(7)19(15,17)18/h3-5,16H,2H2,1H3. The summed E-state index contributed by atoms with van der Waals surface area (Å²) in [4.78, 5) is -0.585. The third-order valence-electron chi connectivity index (χ3n) is 2.93. The van der Waals surface area contributed by atoms with Gasteiger partial charge in [0.05, 0.1) is 4.90 Å². The van der Waals surface area contributed by atoms with Gasteiger partial charge in [0.1, 0.15) is 0 Å². The largest absolute Gasteiger partial charge is 0.436 e. The van der Waals surface area contributed by atoms with Gasteiger partial charge >= 0.3 is 6.18 Å². The molecule has 0 spiro atoms. The highest BCUT2D eigenvalue weighted by Gasteiger charge is 2.67. The van der Waals surface area contributed by atoms with E-state index in [4.69, 9.17) is 11.6 Å². The van der Waals surface area contributed by atoms with Crippen LogP contribution in [0.4, 0.5) is 13.2 Å². The molecule has 1 unspecified atom stereocenters. The maximum absolute atomic E-state index is 13.1. The second-order valence-electron chi connectivity index (χ2n) is 3.98. The van der Waals surface area contributed by atoms with E-state index in [9.17, 15) is 26.7 Å². The lowest BCUT2D eigenvalue weighted by Gasteiger charge is -2.33. The predicted molar refractivity (Wildman–Crippen MR) is 61.0 cm³/mol. The molecule has 0 saturated heterocycles. The van der Waals surface area contributed by atoms with Gasteiger partial charge in [-0.2, -0.15) is 17.5 Å². The Morgan fingerprint density at radius 2 is 2.00 bits per heavy atom. The van der Waals surface area contributed by atoms with E-state index in [-0.39, 0.29) is 9.33 Å². The minimum atomic E-state index is -5.17. The average molecular weight is 316 g/mol. The molecule has 1 aromatic rings. The topological polar surface area (TPSA) is 57.6 Å². The van der Waals surface area contributed by atoms with E-state index in [1.165, 1.54) is 6.92 Å². The van der Waals surface area contributed by atoms with E-state index in [2.05, 4.69) is 0 Å². The average Bonchev–Trinajstić information content (AvgIpc) is 2.43. The van der Waals surface area contributed by atoms with Crippen molar-refractivity contribution in [3.8, 4) is 0 Å². The molecular weight excluding hydrogens is 307 g/mol. The summed E-state index contributed by atoms with van der Waals surface area (Å²) in [7, 11) is -4.40. The monoisotopic (exact) mass is 315 g/mol. The zero-order chi connectivity index (χ0) is 14.6.